The highest BCUT2D eigenvalue weighted by Gasteiger charge is 2.22. The van der Waals surface area contributed by atoms with Gasteiger partial charge in [0.25, 0.3) is 5.91 Å². The number of amides is 1. The van der Waals surface area contributed by atoms with Gasteiger partial charge < -0.3 is 14.8 Å². The zero-order chi connectivity index (χ0) is 26.7. The maximum atomic E-state index is 13.3. The van der Waals surface area contributed by atoms with Gasteiger partial charge in [-0.3, -0.25) is 9.52 Å². The SMILES string of the molecule is CCc1cc(Oc2cc(C(=O)Nc3cc(C(C)(C)C)cc(NS(C)(=O)=O)c3OC)ccc2C)ncn1. The number of anilines is 2. The molecule has 0 saturated heterocycles. The molecule has 9 nitrogen and oxygen atoms in total. The van der Waals surface area contributed by atoms with Gasteiger partial charge in [-0.15, -0.1) is 0 Å². The summed E-state index contributed by atoms with van der Waals surface area (Å²) >= 11 is 0. The number of aromatic nitrogens is 2. The van der Waals surface area contributed by atoms with Crippen molar-refractivity contribution in [1.82, 2.24) is 9.97 Å². The molecule has 192 valence electrons. The van der Waals surface area contributed by atoms with Gasteiger partial charge in [-0.25, -0.2) is 18.4 Å². The van der Waals surface area contributed by atoms with Crippen LogP contribution < -0.4 is 19.5 Å². The first kappa shape index (κ1) is 26.9. The van der Waals surface area contributed by atoms with E-state index in [1.807, 2.05) is 34.6 Å². The maximum absolute atomic E-state index is 13.3. The number of rotatable bonds is 8. The molecule has 1 aromatic heterocycles. The molecule has 36 heavy (non-hydrogen) atoms. The van der Waals surface area contributed by atoms with Crippen LogP contribution in [0.3, 0.4) is 0 Å². The Balaban J connectivity index is 1.98. The van der Waals surface area contributed by atoms with Crippen LogP contribution in [0, 0.1) is 6.92 Å². The number of nitrogens with one attached hydrogen (secondary N) is 2. The summed E-state index contributed by atoms with van der Waals surface area (Å²) < 4.78 is 37.9. The molecule has 2 aromatic carbocycles. The minimum absolute atomic E-state index is 0.207. The molecule has 0 radical (unpaired) electrons. The summed E-state index contributed by atoms with van der Waals surface area (Å²) in [6.07, 6.45) is 3.24. The predicted molar refractivity (Wildman–Crippen MR) is 141 cm³/mol. The van der Waals surface area contributed by atoms with E-state index >= 15 is 0 Å². The van der Waals surface area contributed by atoms with E-state index in [2.05, 4.69) is 20.0 Å². The first-order valence-corrected chi connectivity index (χ1v) is 13.3. The molecule has 0 bridgehead atoms. The van der Waals surface area contributed by atoms with E-state index in [1.54, 1.807) is 36.4 Å². The van der Waals surface area contributed by atoms with Crippen molar-refractivity contribution in [2.45, 2.75) is 46.5 Å². The van der Waals surface area contributed by atoms with Crippen molar-refractivity contribution in [2.24, 2.45) is 0 Å². The van der Waals surface area contributed by atoms with Crippen LogP contribution in [0.4, 0.5) is 11.4 Å². The summed E-state index contributed by atoms with van der Waals surface area (Å²) in [7, 11) is -2.17. The molecule has 1 amide bonds. The molecule has 0 spiro atoms. The fourth-order valence-corrected chi connectivity index (χ4v) is 3.99. The molecule has 0 fully saturated rings. The Labute approximate surface area is 212 Å². The van der Waals surface area contributed by atoms with E-state index in [0.29, 0.717) is 22.9 Å². The van der Waals surface area contributed by atoms with Crippen LogP contribution in [-0.4, -0.2) is 37.7 Å². The second-order valence-electron chi connectivity index (χ2n) is 9.47. The number of hydrogen-bond acceptors (Lipinski definition) is 7. The van der Waals surface area contributed by atoms with Crippen molar-refractivity contribution < 1.29 is 22.7 Å². The monoisotopic (exact) mass is 512 g/mol. The summed E-state index contributed by atoms with van der Waals surface area (Å²) in [6, 6.07) is 10.3. The second-order valence-corrected chi connectivity index (χ2v) is 11.2. The standard InChI is InChI=1S/C26H32N4O5S/c1-8-19-14-23(28-15-27-19)35-22-11-17(10-9-16(22)2)25(31)29-20-12-18(26(3,4)5)13-21(24(20)34-6)30-36(7,32)33/h9-15,30H,8H2,1-7H3,(H,29,31). The summed E-state index contributed by atoms with van der Waals surface area (Å²) in [5.41, 5.74) is 3.10. The number of nitrogens with zero attached hydrogens (tertiary/aromatic N) is 2. The van der Waals surface area contributed by atoms with Gasteiger partial charge in [0.2, 0.25) is 15.9 Å². The Morgan fingerprint density at radius 2 is 1.75 bits per heavy atom. The number of aryl methyl sites for hydroxylation is 2. The minimum atomic E-state index is -3.58. The van der Waals surface area contributed by atoms with Crippen molar-refractivity contribution in [3.05, 3.63) is 65.1 Å². The summed E-state index contributed by atoms with van der Waals surface area (Å²) in [6.45, 7) is 9.84. The number of carbonyl (C=O) groups is 1. The predicted octanol–water partition coefficient (Wildman–Crippen LogP) is 5.07. The van der Waals surface area contributed by atoms with Crippen LogP contribution in [0.15, 0.2) is 42.7 Å². The fraction of sp³-hybridized carbons (Fsp3) is 0.346. The van der Waals surface area contributed by atoms with E-state index in [-0.39, 0.29) is 16.9 Å². The Morgan fingerprint density at radius 3 is 2.36 bits per heavy atom. The lowest BCUT2D eigenvalue weighted by Gasteiger charge is -2.24. The zero-order valence-corrected chi connectivity index (χ0v) is 22.4. The third-order valence-corrected chi connectivity index (χ3v) is 6.02. The van der Waals surface area contributed by atoms with Gasteiger partial charge in [-0.1, -0.05) is 33.8 Å². The third-order valence-electron chi connectivity index (χ3n) is 5.43. The second kappa shape index (κ2) is 10.5. The van der Waals surface area contributed by atoms with Gasteiger partial charge in [-0.2, -0.15) is 0 Å². The van der Waals surface area contributed by atoms with Crippen LogP contribution in [0.1, 0.15) is 54.9 Å². The van der Waals surface area contributed by atoms with E-state index in [4.69, 9.17) is 9.47 Å². The molecule has 0 aliphatic heterocycles. The van der Waals surface area contributed by atoms with Gasteiger partial charge in [0, 0.05) is 17.3 Å². The minimum Gasteiger partial charge on any atom is -0.492 e. The summed E-state index contributed by atoms with van der Waals surface area (Å²) in [5.74, 6) is 0.668. The fourth-order valence-electron chi connectivity index (χ4n) is 3.43. The average molecular weight is 513 g/mol. The Bertz CT molecular complexity index is 1380. The normalized spacial score (nSPS) is 11.6. The number of ether oxygens (including phenoxy) is 2. The van der Waals surface area contributed by atoms with Crippen molar-refractivity contribution in [3.63, 3.8) is 0 Å². The number of hydrogen-bond donors (Lipinski definition) is 2. The number of sulfonamides is 1. The topological polar surface area (TPSA) is 120 Å². The number of carbonyl (C=O) groups excluding carboxylic acids is 1. The number of benzene rings is 2. The smallest absolute Gasteiger partial charge is 0.255 e. The van der Waals surface area contributed by atoms with E-state index in [0.717, 1.165) is 29.5 Å². The molecule has 1 heterocycles. The van der Waals surface area contributed by atoms with Crippen LogP contribution in [0.2, 0.25) is 0 Å². The van der Waals surface area contributed by atoms with E-state index in [9.17, 15) is 13.2 Å². The highest BCUT2D eigenvalue weighted by atomic mass is 32.2. The summed E-state index contributed by atoms with van der Waals surface area (Å²) in [4.78, 5) is 21.6. The quantitative estimate of drug-likeness (QED) is 0.432. The molecule has 0 atom stereocenters. The first-order chi connectivity index (χ1) is 16.8. The van der Waals surface area contributed by atoms with Crippen LogP contribution in [0.5, 0.6) is 17.4 Å². The highest BCUT2D eigenvalue weighted by molar-refractivity contribution is 7.92. The Kier molecular flexibility index (Phi) is 7.88. The van der Waals surface area contributed by atoms with Crippen molar-refractivity contribution >= 4 is 27.3 Å². The first-order valence-electron chi connectivity index (χ1n) is 11.4. The summed E-state index contributed by atoms with van der Waals surface area (Å²) in [5, 5.41) is 2.87. The average Bonchev–Trinajstić information content (AvgIpc) is 2.78. The maximum Gasteiger partial charge on any atom is 0.255 e. The molecule has 10 heteroatoms. The van der Waals surface area contributed by atoms with Gasteiger partial charge in [-0.05, 0) is 54.2 Å². The largest absolute Gasteiger partial charge is 0.492 e. The molecule has 0 aliphatic rings. The van der Waals surface area contributed by atoms with Crippen LogP contribution in [0.25, 0.3) is 0 Å². The van der Waals surface area contributed by atoms with Gasteiger partial charge in [0.1, 0.15) is 12.1 Å². The van der Waals surface area contributed by atoms with E-state index < -0.39 is 15.9 Å². The molecule has 3 aromatic rings. The highest BCUT2D eigenvalue weighted by Crippen LogP contribution is 2.39. The van der Waals surface area contributed by atoms with E-state index in [1.165, 1.54) is 13.4 Å². The molecule has 0 saturated carbocycles. The third kappa shape index (κ3) is 6.72. The Morgan fingerprint density at radius 1 is 1.06 bits per heavy atom. The molecular weight excluding hydrogens is 480 g/mol. The van der Waals surface area contributed by atoms with Crippen molar-refractivity contribution in [2.75, 3.05) is 23.4 Å². The van der Waals surface area contributed by atoms with Gasteiger partial charge >= 0.3 is 0 Å². The molecular formula is C26H32N4O5S. The lowest BCUT2D eigenvalue weighted by molar-refractivity contribution is 0.102. The molecule has 0 aliphatic carbocycles. The molecule has 0 unspecified atom stereocenters. The van der Waals surface area contributed by atoms with Crippen LogP contribution in [-0.2, 0) is 21.9 Å². The van der Waals surface area contributed by atoms with Crippen molar-refractivity contribution in [3.8, 4) is 17.4 Å². The molecule has 2 N–H and O–H groups in total. The van der Waals surface area contributed by atoms with Gasteiger partial charge in [0.05, 0.1) is 24.7 Å². The lowest BCUT2D eigenvalue weighted by atomic mass is 9.86. The molecule has 3 rings (SSSR count). The lowest BCUT2D eigenvalue weighted by Crippen LogP contribution is -2.18. The Hall–Kier alpha value is -3.66. The van der Waals surface area contributed by atoms with Gasteiger partial charge in [0.15, 0.2) is 5.75 Å². The zero-order valence-electron chi connectivity index (χ0n) is 21.6. The van der Waals surface area contributed by atoms with Crippen LogP contribution >= 0.6 is 0 Å². The van der Waals surface area contributed by atoms with Crippen molar-refractivity contribution in [1.29, 1.82) is 0 Å². The number of methoxy groups -OCH3 is 1.